The summed E-state index contributed by atoms with van der Waals surface area (Å²) >= 11 is 0. The number of rotatable bonds is 4. The van der Waals surface area contributed by atoms with E-state index < -0.39 is 11.4 Å². The summed E-state index contributed by atoms with van der Waals surface area (Å²) < 4.78 is 17.6. The van der Waals surface area contributed by atoms with Crippen LogP contribution in [-0.4, -0.2) is 43.2 Å². The van der Waals surface area contributed by atoms with E-state index in [0.29, 0.717) is 38.9 Å². The Bertz CT molecular complexity index is 745. The molecule has 0 bridgehead atoms. The van der Waals surface area contributed by atoms with Gasteiger partial charge in [0.15, 0.2) is 11.5 Å². The van der Waals surface area contributed by atoms with E-state index in [4.69, 9.17) is 19.6 Å². The van der Waals surface area contributed by atoms with Crippen LogP contribution in [0.25, 0.3) is 0 Å². The van der Waals surface area contributed by atoms with Crippen molar-refractivity contribution in [3.05, 3.63) is 23.3 Å². The molecule has 1 aliphatic carbocycles. The molecule has 6 heteroatoms. The van der Waals surface area contributed by atoms with Crippen LogP contribution in [-0.2, 0) is 21.4 Å². The third kappa shape index (κ3) is 3.00. The number of hydrogen-bond acceptors (Lipinski definition) is 5. The van der Waals surface area contributed by atoms with Gasteiger partial charge in [0, 0.05) is 36.5 Å². The van der Waals surface area contributed by atoms with Gasteiger partial charge in [0.1, 0.15) is 5.60 Å². The highest BCUT2D eigenvalue weighted by molar-refractivity contribution is 5.76. The van der Waals surface area contributed by atoms with Crippen LogP contribution in [0.4, 0.5) is 0 Å². The molecule has 0 aromatic heterocycles. The molecule has 2 aliphatic heterocycles. The van der Waals surface area contributed by atoms with Gasteiger partial charge in [-0.25, -0.2) is 0 Å². The molecular formula is C21H27NO5. The Kier molecular flexibility index (Phi) is 4.62. The largest absolute Gasteiger partial charge is 0.493 e. The lowest BCUT2D eigenvalue weighted by Crippen LogP contribution is -2.41. The van der Waals surface area contributed by atoms with Crippen LogP contribution in [0.15, 0.2) is 12.1 Å². The molecule has 27 heavy (non-hydrogen) atoms. The van der Waals surface area contributed by atoms with Crippen molar-refractivity contribution < 1.29 is 24.1 Å². The van der Waals surface area contributed by atoms with Gasteiger partial charge in [0.25, 0.3) is 0 Å². The minimum atomic E-state index is -0.724. The fraction of sp³-hybridized carbons (Fsp3) is 0.619. The molecule has 0 amide bonds. The summed E-state index contributed by atoms with van der Waals surface area (Å²) in [6.07, 6.45) is 6.60. The van der Waals surface area contributed by atoms with Crippen molar-refractivity contribution in [2.45, 2.75) is 56.0 Å². The number of fused-ring (bicyclic) bond motifs is 1. The molecule has 4 rings (SSSR count). The van der Waals surface area contributed by atoms with E-state index in [9.17, 15) is 9.90 Å². The van der Waals surface area contributed by atoms with E-state index in [-0.39, 0.29) is 11.5 Å². The molecule has 0 unspecified atom stereocenters. The second-order valence-corrected chi connectivity index (χ2v) is 8.11. The number of hydrogen-bond donors (Lipinski definition) is 2. The molecule has 1 saturated carbocycles. The van der Waals surface area contributed by atoms with E-state index in [2.05, 4.69) is 6.07 Å². The first-order chi connectivity index (χ1) is 13.0. The zero-order valence-electron chi connectivity index (χ0n) is 15.8. The topological polar surface area (TPSA) is 88.8 Å². The number of benzene rings is 1. The Morgan fingerprint density at radius 1 is 1.26 bits per heavy atom. The van der Waals surface area contributed by atoms with E-state index in [1.807, 2.05) is 6.07 Å². The molecule has 3 aliphatic rings. The van der Waals surface area contributed by atoms with Gasteiger partial charge in [-0.2, -0.15) is 0 Å². The molecule has 2 fully saturated rings. The Balaban J connectivity index is 1.72. The smallest absolute Gasteiger partial charge is 0.306 e. The monoisotopic (exact) mass is 373 g/mol. The first-order valence-electron chi connectivity index (χ1n) is 9.74. The molecule has 1 saturated heterocycles. The second-order valence-electron chi connectivity index (χ2n) is 8.11. The SMILES string of the molecule is COc1ccc(C2(C=N)CCC(C(=O)O)CC2)c2c1OC1(CCOCC1)C2. The summed E-state index contributed by atoms with van der Waals surface area (Å²) in [4.78, 5) is 11.4. The molecule has 1 aromatic carbocycles. The molecule has 1 aromatic rings. The van der Waals surface area contributed by atoms with Crippen molar-refractivity contribution in [1.29, 1.82) is 5.41 Å². The fourth-order valence-corrected chi connectivity index (χ4v) is 4.99. The molecule has 2 heterocycles. The summed E-state index contributed by atoms with van der Waals surface area (Å²) in [6, 6.07) is 3.99. The van der Waals surface area contributed by atoms with Gasteiger partial charge in [-0.3, -0.25) is 4.79 Å². The molecule has 6 nitrogen and oxygen atoms in total. The van der Waals surface area contributed by atoms with Crippen LogP contribution < -0.4 is 9.47 Å². The van der Waals surface area contributed by atoms with Gasteiger partial charge in [0.2, 0.25) is 0 Å². The van der Waals surface area contributed by atoms with Crippen LogP contribution in [0.2, 0.25) is 0 Å². The first kappa shape index (κ1) is 18.3. The van der Waals surface area contributed by atoms with Crippen molar-refractivity contribution in [3.8, 4) is 11.5 Å². The number of nitrogens with one attached hydrogen (secondary N) is 1. The third-order valence-corrected chi connectivity index (χ3v) is 6.71. The Labute approximate surface area is 159 Å². The zero-order valence-corrected chi connectivity index (χ0v) is 15.8. The summed E-state index contributed by atoms with van der Waals surface area (Å²) in [5, 5.41) is 17.5. The standard InChI is InChI=1S/C21H27NO5/c1-25-17-3-2-16(20(13-22)6-4-14(5-7-20)19(23)24)15-12-21(27-18(15)17)8-10-26-11-9-21/h2-3,13-14,22H,4-12H2,1H3,(H,23,24). The summed E-state index contributed by atoms with van der Waals surface area (Å²) in [7, 11) is 1.65. The van der Waals surface area contributed by atoms with Crippen LogP contribution in [0.5, 0.6) is 11.5 Å². The van der Waals surface area contributed by atoms with Gasteiger partial charge in [0.05, 0.1) is 26.2 Å². The maximum Gasteiger partial charge on any atom is 0.306 e. The zero-order chi connectivity index (χ0) is 19.1. The average molecular weight is 373 g/mol. The predicted molar refractivity (Wildman–Crippen MR) is 100 cm³/mol. The van der Waals surface area contributed by atoms with E-state index in [0.717, 1.165) is 41.9 Å². The summed E-state index contributed by atoms with van der Waals surface area (Å²) in [5.41, 5.74) is 1.59. The third-order valence-electron chi connectivity index (χ3n) is 6.71. The molecule has 1 spiro atoms. The molecular weight excluding hydrogens is 346 g/mol. The normalized spacial score (nSPS) is 29.0. The number of carboxylic acid groups (broad SMARTS) is 1. The minimum Gasteiger partial charge on any atom is -0.493 e. The first-order valence-corrected chi connectivity index (χ1v) is 9.74. The van der Waals surface area contributed by atoms with Crippen LogP contribution in [0, 0.1) is 11.3 Å². The fourth-order valence-electron chi connectivity index (χ4n) is 4.99. The Hall–Kier alpha value is -2.08. The van der Waals surface area contributed by atoms with Gasteiger partial charge in [-0.15, -0.1) is 0 Å². The molecule has 2 N–H and O–H groups in total. The second kappa shape index (κ2) is 6.82. The highest BCUT2D eigenvalue weighted by atomic mass is 16.5. The van der Waals surface area contributed by atoms with E-state index in [1.54, 1.807) is 7.11 Å². The predicted octanol–water partition coefficient (Wildman–Crippen LogP) is 3.34. The lowest BCUT2D eigenvalue weighted by atomic mass is 9.65. The number of carbonyl (C=O) groups is 1. The van der Waals surface area contributed by atoms with Gasteiger partial charge in [-0.1, -0.05) is 6.07 Å². The maximum absolute atomic E-state index is 11.4. The van der Waals surface area contributed by atoms with Gasteiger partial charge in [-0.05, 0) is 37.3 Å². The van der Waals surface area contributed by atoms with Crippen molar-refractivity contribution in [1.82, 2.24) is 0 Å². The summed E-state index contributed by atoms with van der Waals surface area (Å²) in [5.74, 6) is 0.510. The number of methoxy groups -OCH3 is 1. The van der Waals surface area contributed by atoms with Crippen molar-refractivity contribution in [3.63, 3.8) is 0 Å². The highest BCUT2D eigenvalue weighted by Gasteiger charge is 2.47. The van der Waals surface area contributed by atoms with Crippen molar-refractivity contribution >= 4 is 12.2 Å². The quantitative estimate of drug-likeness (QED) is 0.790. The number of ether oxygens (including phenoxy) is 3. The van der Waals surface area contributed by atoms with Gasteiger partial charge >= 0.3 is 5.97 Å². The maximum atomic E-state index is 11.4. The van der Waals surface area contributed by atoms with Crippen LogP contribution in [0.1, 0.15) is 49.7 Å². The number of aliphatic carboxylic acids is 1. The lowest BCUT2D eigenvalue weighted by molar-refractivity contribution is -0.143. The van der Waals surface area contributed by atoms with E-state index >= 15 is 0 Å². The Morgan fingerprint density at radius 3 is 2.56 bits per heavy atom. The van der Waals surface area contributed by atoms with Crippen molar-refractivity contribution in [2.24, 2.45) is 5.92 Å². The molecule has 0 atom stereocenters. The Morgan fingerprint density at radius 2 is 1.96 bits per heavy atom. The minimum absolute atomic E-state index is 0.245. The highest BCUT2D eigenvalue weighted by Crippen LogP contribution is 2.52. The lowest BCUT2D eigenvalue weighted by Gasteiger charge is -2.37. The van der Waals surface area contributed by atoms with E-state index in [1.165, 1.54) is 6.21 Å². The molecule has 0 radical (unpaired) electrons. The van der Waals surface area contributed by atoms with Crippen molar-refractivity contribution in [2.75, 3.05) is 20.3 Å². The average Bonchev–Trinajstić information content (AvgIpc) is 3.06. The molecule has 146 valence electrons. The van der Waals surface area contributed by atoms with Crippen LogP contribution >= 0.6 is 0 Å². The van der Waals surface area contributed by atoms with Gasteiger partial charge < -0.3 is 24.7 Å². The summed E-state index contributed by atoms with van der Waals surface area (Å²) in [6.45, 7) is 1.39. The number of carboxylic acids is 1. The van der Waals surface area contributed by atoms with Crippen LogP contribution in [0.3, 0.4) is 0 Å².